The molecule has 0 unspecified atom stereocenters. The minimum absolute atomic E-state index is 0.0304. The van der Waals surface area contributed by atoms with Crippen molar-refractivity contribution in [1.29, 1.82) is 0 Å². The highest BCUT2D eigenvalue weighted by atomic mass is 35.5. The molecule has 154 valence electrons. The molecule has 0 atom stereocenters. The van der Waals surface area contributed by atoms with Gasteiger partial charge in [-0.2, -0.15) is 0 Å². The second-order valence-electron chi connectivity index (χ2n) is 6.43. The second-order valence-corrected chi connectivity index (χ2v) is 8.55. The van der Waals surface area contributed by atoms with Gasteiger partial charge in [0.2, 0.25) is 0 Å². The van der Waals surface area contributed by atoms with E-state index in [2.05, 4.69) is 10.0 Å². The van der Waals surface area contributed by atoms with Crippen molar-refractivity contribution in [3.8, 4) is 0 Å². The van der Waals surface area contributed by atoms with Gasteiger partial charge in [-0.3, -0.25) is 9.52 Å². The molecule has 0 saturated heterocycles. The van der Waals surface area contributed by atoms with E-state index in [0.29, 0.717) is 16.3 Å². The average Bonchev–Trinajstić information content (AvgIpc) is 2.69. The lowest BCUT2D eigenvalue weighted by atomic mass is 10.1. The number of carboxylic acid groups (broad SMARTS) is 1. The van der Waals surface area contributed by atoms with Gasteiger partial charge in [-0.15, -0.1) is 0 Å². The van der Waals surface area contributed by atoms with E-state index < -0.39 is 21.9 Å². The molecule has 3 rings (SSSR count). The van der Waals surface area contributed by atoms with Crippen LogP contribution >= 0.6 is 11.6 Å². The first kappa shape index (κ1) is 21.4. The third-order valence-corrected chi connectivity index (χ3v) is 5.88. The Bertz CT molecular complexity index is 1220. The molecule has 7 nitrogen and oxygen atoms in total. The van der Waals surface area contributed by atoms with Gasteiger partial charge in [-0.05, 0) is 67.1 Å². The lowest BCUT2D eigenvalue weighted by Crippen LogP contribution is -2.15. The second kappa shape index (κ2) is 8.56. The Hall–Kier alpha value is -3.36. The number of nitrogens with one attached hydrogen (secondary N) is 2. The Morgan fingerprint density at radius 3 is 2.30 bits per heavy atom. The number of hydrogen-bond acceptors (Lipinski definition) is 4. The molecule has 0 radical (unpaired) electrons. The summed E-state index contributed by atoms with van der Waals surface area (Å²) < 4.78 is 27.5. The van der Waals surface area contributed by atoms with Gasteiger partial charge in [0.1, 0.15) is 0 Å². The van der Waals surface area contributed by atoms with Crippen molar-refractivity contribution in [3.05, 3.63) is 88.4 Å². The molecular formula is C21H17ClN2O5S. The minimum Gasteiger partial charge on any atom is -0.478 e. The van der Waals surface area contributed by atoms with Gasteiger partial charge in [0.25, 0.3) is 15.9 Å². The number of carbonyl (C=O) groups excluding carboxylic acids is 1. The van der Waals surface area contributed by atoms with E-state index >= 15 is 0 Å². The van der Waals surface area contributed by atoms with Crippen LogP contribution in [0.25, 0.3) is 0 Å². The quantitative estimate of drug-likeness (QED) is 0.521. The number of aryl methyl sites for hydroxylation is 1. The maximum absolute atomic E-state index is 12.6. The fourth-order valence-corrected chi connectivity index (χ4v) is 3.81. The SMILES string of the molecule is Cc1ccc(C(=O)O)cc1NC(=O)c1cccc(NS(=O)(=O)c2ccc(Cl)cc2)c1. The van der Waals surface area contributed by atoms with Crippen LogP contribution in [0.4, 0.5) is 11.4 Å². The minimum atomic E-state index is -3.86. The van der Waals surface area contributed by atoms with Crippen LogP contribution < -0.4 is 10.0 Å². The first-order chi connectivity index (χ1) is 14.2. The molecule has 0 aliphatic carbocycles. The number of amides is 1. The van der Waals surface area contributed by atoms with Crippen molar-refractivity contribution < 1.29 is 23.1 Å². The monoisotopic (exact) mass is 444 g/mol. The normalized spacial score (nSPS) is 11.0. The van der Waals surface area contributed by atoms with Crippen molar-refractivity contribution in [2.45, 2.75) is 11.8 Å². The van der Waals surface area contributed by atoms with Gasteiger partial charge in [0, 0.05) is 22.0 Å². The molecule has 0 fully saturated rings. The van der Waals surface area contributed by atoms with Crippen LogP contribution in [0.2, 0.25) is 5.02 Å². The molecule has 0 aliphatic rings. The molecule has 0 aromatic heterocycles. The van der Waals surface area contributed by atoms with Crippen LogP contribution in [-0.2, 0) is 10.0 Å². The maximum Gasteiger partial charge on any atom is 0.335 e. The van der Waals surface area contributed by atoms with Crippen molar-refractivity contribution in [2.24, 2.45) is 0 Å². The van der Waals surface area contributed by atoms with Crippen molar-refractivity contribution in [1.82, 2.24) is 0 Å². The van der Waals surface area contributed by atoms with Crippen LogP contribution in [0.3, 0.4) is 0 Å². The summed E-state index contributed by atoms with van der Waals surface area (Å²) in [6.07, 6.45) is 0. The summed E-state index contributed by atoms with van der Waals surface area (Å²) in [4.78, 5) is 23.8. The van der Waals surface area contributed by atoms with Crippen molar-refractivity contribution >= 4 is 44.9 Å². The third kappa shape index (κ3) is 4.97. The van der Waals surface area contributed by atoms with Gasteiger partial charge < -0.3 is 10.4 Å². The van der Waals surface area contributed by atoms with Gasteiger partial charge in [-0.25, -0.2) is 13.2 Å². The molecule has 1 amide bonds. The number of benzene rings is 3. The van der Waals surface area contributed by atoms with E-state index in [9.17, 15) is 18.0 Å². The highest BCUT2D eigenvalue weighted by molar-refractivity contribution is 7.92. The number of carboxylic acids is 1. The van der Waals surface area contributed by atoms with Crippen LogP contribution in [0.15, 0.2) is 71.6 Å². The highest BCUT2D eigenvalue weighted by Gasteiger charge is 2.16. The first-order valence-electron chi connectivity index (χ1n) is 8.69. The molecule has 3 aromatic rings. The molecule has 0 saturated carbocycles. The molecule has 30 heavy (non-hydrogen) atoms. The van der Waals surface area contributed by atoms with Crippen LogP contribution in [-0.4, -0.2) is 25.4 Å². The number of anilines is 2. The molecule has 0 spiro atoms. The Kier molecular flexibility index (Phi) is 6.09. The zero-order chi connectivity index (χ0) is 21.9. The topological polar surface area (TPSA) is 113 Å². The summed E-state index contributed by atoms with van der Waals surface area (Å²) >= 11 is 5.79. The molecule has 0 bridgehead atoms. The number of rotatable bonds is 6. The van der Waals surface area contributed by atoms with Crippen molar-refractivity contribution in [3.63, 3.8) is 0 Å². The summed E-state index contributed by atoms with van der Waals surface area (Å²) in [5.41, 5.74) is 1.49. The van der Waals surface area contributed by atoms with Crippen LogP contribution in [0.1, 0.15) is 26.3 Å². The van der Waals surface area contributed by atoms with Gasteiger partial charge >= 0.3 is 5.97 Å². The van der Waals surface area contributed by atoms with Gasteiger partial charge in [-0.1, -0.05) is 23.7 Å². The smallest absolute Gasteiger partial charge is 0.335 e. The number of sulfonamides is 1. The number of aromatic carboxylic acids is 1. The summed E-state index contributed by atoms with van der Waals surface area (Å²) in [7, 11) is -3.86. The largest absolute Gasteiger partial charge is 0.478 e. The summed E-state index contributed by atoms with van der Waals surface area (Å²) in [6, 6.07) is 16.0. The molecule has 3 aromatic carbocycles. The zero-order valence-electron chi connectivity index (χ0n) is 15.7. The molecule has 0 heterocycles. The molecule has 9 heteroatoms. The van der Waals surface area contributed by atoms with Crippen LogP contribution in [0, 0.1) is 6.92 Å². The molecule has 0 aliphatic heterocycles. The zero-order valence-corrected chi connectivity index (χ0v) is 17.3. The standard InChI is InChI=1S/C21H17ClN2O5S/c1-13-5-6-15(21(26)27)12-19(13)23-20(25)14-3-2-4-17(11-14)24-30(28,29)18-9-7-16(22)8-10-18/h2-12,24H,1H3,(H,23,25)(H,26,27). The van der Waals surface area contributed by atoms with Crippen LogP contribution in [0.5, 0.6) is 0 Å². The van der Waals surface area contributed by atoms with E-state index in [1.807, 2.05) is 0 Å². The summed E-state index contributed by atoms with van der Waals surface area (Å²) in [5, 5.41) is 12.2. The number of hydrogen-bond donors (Lipinski definition) is 3. The predicted octanol–water partition coefficient (Wildman–Crippen LogP) is 4.40. The lowest BCUT2D eigenvalue weighted by molar-refractivity contribution is 0.0696. The van der Waals surface area contributed by atoms with E-state index in [-0.39, 0.29) is 21.7 Å². The summed E-state index contributed by atoms with van der Waals surface area (Å²) in [6.45, 7) is 1.73. The third-order valence-electron chi connectivity index (χ3n) is 4.23. The fourth-order valence-electron chi connectivity index (χ4n) is 2.64. The Labute approximate surface area is 178 Å². The first-order valence-corrected chi connectivity index (χ1v) is 10.6. The number of carbonyl (C=O) groups is 2. The lowest BCUT2D eigenvalue weighted by Gasteiger charge is -2.12. The number of halogens is 1. The van der Waals surface area contributed by atoms with E-state index in [1.54, 1.807) is 13.0 Å². The van der Waals surface area contributed by atoms with E-state index in [1.165, 1.54) is 60.7 Å². The van der Waals surface area contributed by atoms with E-state index in [0.717, 1.165) is 0 Å². The fraction of sp³-hybridized carbons (Fsp3) is 0.0476. The molecule has 3 N–H and O–H groups in total. The highest BCUT2D eigenvalue weighted by Crippen LogP contribution is 2.21. The predicted molar refractivity (Wildman–Crippen MR) is 115 cm³/mol. The summed E-state index contributed by atoms with van der Waals surface area (Å²) in [5.74, 6) is -1.61. The average molecular weight is 445 g/mol. The molecular weight excluding hydrogens is 428 g/mol. The van der Waals surface area contributed by atoms with Crippen molar-refractivity contribution in [2.75, 3.05) is 10.0 Å². The Balaban J connectivity index is 1.81. The van der Waals surface area contributed by atoms with E-state index in [4.69, 9.17) is 16.7 Å². The Morgan fingerprint density at radius 2 is 1.63 bits per heavy atom. The van der Waals surface area contributed by atoms with Gasteiger partial charge in [0.15, 0.2) is 0 Å². The van der Waals surface area contributed by atoms with Gasteiger partial charge in [0.05, 0.1) is 10.5 Å². The Morgan fingerprint density at radius 1 is 0.933 bits per heavy atom. The maximum atomic E-state index is 12.6.